The zero-order chi connectivity index (χ0) is 39.4. The lowest BCUT2D eigenvalue weighted by Gasteiger charge is -2.31. The molecule has 55 heavy (non-hydrogen) atoms. The summed E-state index contributed by atoms with van der Waals surface area (Å²) in [5.41, 5.74) is 2.29. The average molecular weight is 774 g/mol. The van der Waals surface area contributed by atoms with Crippen molar-refractivity contribution < 1.29 is 42.5 Å². The maximum atomic E-state index is 13.5. The van der Waals surface area contributed by atoms with Crippen molar-refractivity contribution in [3.05, 3.63) is 113 Å². The van der Waals surface area contributed by atoms with Crippen LogP contribution < -0.4 is 20.7 Å². The third-order valence-electron chi connectivity index (χ3n) is 8.68. The van der Waals surface area contributed by atoms with Crippen molar-refractivity contribution in [3.63, 3.8) is 0 Å². The van der Waals surface area contributed by atoms with Gasteiger partial charge >= 0.3 is 5.97 Å². The molecule has 0 fully saturated rings. The van der Waals surface area contributed by atoms with E-state index in [1.807, 2.05) is 44.2 Å². The first-order chi connectivity index (χ1) is 26.8. The molecular weight excluding hydrogens is 723 g/mol. The smallest absolute Gasteiger partial charge is 0.363 e. The lowest BCUT2D eigenvalue weighted by atomic mass is 9.90. The summed E-state index contributed by atoms with van der Waals surface area (Å²) in [7, 11) is -0.452. The molecule has 4 amide bonds. The molecule has 0 aliphatic carbocycles. The quantitative estimate of drug-likeness (QED) is 0.0248. The van der Waals surface area contributed by atoms with Gasteiger partial charge in [0.2, 0.25) is 12.3 Å². The molecule has 1 aromatic heterocycles. The highest BCUT2D eigenvalue weighted by Crippen LogP contribution is 2.29. The number of unbranched alkanes of at least 4 members (excludes halogenated alkanes) is 2. The summed E-state index contributed by atoms with van der Waals surface area (Å²) in [6, 6.07) is 25.5. The monoisotopic (exact) mass is 773 g/mol. The molecule has 14 heteroatoms. The van der Waals surface area contributed by atoms with Gasteiger partial charge in [-0.15, -0.1) is 0 Å². The predicted molar refractivity (Wildman–Crippen MR) is 211 cm³/mol. The Kier molecular flexibility index (Phi) is 17.4. The van der Waals surface area contributed by atoms with Gasteiger partial charge in [-0.25, -0.2) is 9.32 Å². The molecule has 4 rings (SSSR count). The molecule has 4 aromatic rings. The molecule has 2 unspecified atom stereocenters. The molecule has 13 nitrogen and oxygen atoms in total. The largest absolute Gasteiger partial charge is 0.493 e. The minimum absolute atomic E-state index is 0.00777. The Balaban J connectivity index is 1.33. The van der Waals surface area contributed by atoms with Crippen LogP contribution in [0, 0.1) is 5.92 Å². The Morgan fingerprint density at radius 1 is 0.855 bits per heavy atom. The number of nitrogens with one attached hydrogen (secondary N) is 3. The van der Waals surface area contributed by atoms with E-state index in [1.54, 1.807) is 61.5 Å². The van der Waals surface area contributed by atoms with Crippen LogP contribution in [-0.4, -0.2) is 60.8 Å². The van der Waals surface area contributed by atoms with Crippen LogP contribution in [-0.2, 0) is 25.6 Å². The summed E-state index contributed by atoms with van der Waals surface area (Å²) < 4.78 is 17.4. The number of furan rings is 1. The molecule has 3 atom stereocenters. The molecule has 0 saturated carbocycles. The van der Waals surface area contributed by atoms with Gasteiger partial charge in [0.25, 0.3) is 11.8 Å². The molecule has 0 spiro atoms. The summed E-state index contributed by atoms with van der Waals surface area (Å²) in [5.74, 6) is -1.94. The molecule has 0 aliphatic heterocycles. The van der Waals surface area contributed by atoms with Crippen LogP contribution in [0.2, 0.25) is 0 Å². The number of rotatable bonds is 23. The van der Waals surface area contributed by atoms with Gasteiger partial charge < -0.3 is 29.9 Å². The van der Waals surface area contributed by atoms with Crippen molar-refractivity contribution in [3.8, 4) is 17.1 Å². The highest BCUT2D eigenvalue weighted by atomic mass is 31.1. The molecule has 1 heterocycles. The van der Waals surface area contributed by atoms with Gasteiger partial charge in [0.05, 0.1) is 36.4 Å². The minimum atomic E-state index is -0.732. The van der Waals surface area contributed by atoms with Crippen LogP contribution in [0.5, 0.6) is 5.75 Å². The van der Waals surface area contributed by atoms with E-state index < -0.39 is 38.6 Å². The normalized spacial score (nSPS) is 12.1. The molecule has 0 bridgehead atoms. The second-order valence-electron chi connectivity index (χ2n) is 12.5. The first-order valence-corrected chi connectivity index (χ1v) is 19.8. The number of hydroxylamine groups is 2. The zero-order valence-electron chi connectivity index (χ0n) is 31.5. The fourth-order valence-corrected chi connectivity index (χ4v) is 6.54. The van der Waals surface area contributed by atoms with Crippen molar-refractivity contribution in [2.45, 2.75) is 65.5 Å². The molecular formula is C41H50N4O9P+. The van der Waals surface area contributed by atoms with E-state index in [0.717, 1.165) is 23.5 Å². The number of carbonyl (C=O) groups is 5. The number of carbonyl (C=O) groups excluding carboxylic acids is 5. The number of benzene rings is 3. The lowest BCUT2D eigenvalue weighted by molar-refractivity contribution is -0.171. The second kappa shape index (κ2) is 22.6. The Morgan fingerprint density at radius 3 is 2.29 bits per heavy atom. The standard InChI is InChI=1S/C41H49N4O9P/c1-4-7-10-19-32(34(5-2)45(28-46)54-41(50)30-17-13-9-14-18-30)38(47)42-26-43-40(49)36-23-22-35(53-36)31-20-21-33(37(24-31)51-6-3)39(48)44-27-55-52-25-29-15-11-8-12-16-29/h8-9,11-18,20-24,28,32,34,55H,4-7,10,19,25-27H2,1-3H3,(H,42,47)(H,43,49)(H,44,48)/p+1/t32?,34-/m1/s1. The number of ether oxygens (including phenoxy) is 1. The van der Waals surface area contributed by atoms with E-state index in [-0.39, 0.29) is 23.9 Å². The average Bonchev–Trinajstić information content (AvgIpc) is 3.71. The Labute approximate surface area is 323 Å². The highest BCUT2D eigenvalue weighted by molar-refractivity contribution is 7.32. The Hall–Kier alpha value is -5.52. The maximum absolute atomic E-state index is 13.5. The van der Waals surface area contributed by atoms with Crippen molar-refractivity contribution in [2.24, 2.45) is 5.92 Å². The number of amides is 4. The molecule has 0 radical (unpaired) electrons. The van der Waals surface area contributed by atoms with Gasteiger partial charge in [0.15, 0.2) is 12.0 Å². The van der Waals surface area contributed by atoms with Crippen LogP contribution >= 0.6 is 8.81 Å². The van der Waals surface area contributed by atoms with Crippen LogP contribution in [0.15, 0.2) is 95.4 Å². The van der Waals surface area contributed by atoms with E-state index in [2.05, 4.69) is 16.0 Å². The topological polar surface area (TPSA) is 166 Å². The van der Waals surface area contributed by atoms with E-state index in [1.165, 1.54) is 6.07 Å². The van der Waals surface area contributed by atoms with Gasteiger partial charge in [0, 0.05) is 5.56 Å². The first-order valence-electron chi connectivity index (χ1n) is 18.5. The Morgan fingerprint density at radius 2 is 1.60 bits per heavy atom. The van der Waals surface area contributed by atoms with Gasteiger partial charge in [-0.1, -0.05) is 87.7 Å². The van der Waals surface area contributed by atoms with E-state index in [9.17, 15) is 24.0 Å². The molecule has 0 aliphatic rings. The minimum Gasteiger partial charge on any atom is -0.493 e. The zero-order valence-corrected chi connectivity index (χ0v) is 32.6. The van der Waals surface area contributed by atoms with Gasteiger partial charge in [-0.3, -0.25) is 19.2 Å². The second-order valence-corrected chi connectivity index (χ2v) is 13.6. The number of nitrogens with zero attached hydrogens (tertiary/aromatic N) is 1. The fraction of sp³-hybridized carbons (Fsp3) is 0.341. The third kappa shape index (κ3) is 12.8. The van der Waals surface area contributed by atoms with E-state index in [4.69, 9.17) is 18.5 Å². The van der Waals surface area contributed by atoms with Crippen molar-refractivity contribution >= 4 is 38.9 Å². The van der Waals surface area contributed by atoms with Gasteiger partial charge in [-0.05, 0) is 61.7 Å². The van der Waals surface area contributed by atoms with Crippen LogP contribution in [0.3, 0.4) is 0 Å². The summed E-state index contributed by atoms with van der Waals surface area (Å²) in [6.45, 7) is 6.27. The Bertz CT molecular complexity index is 1840. The number of hydrogen-bond acceptors (Lipinski definition) is 9. The summed E-state index contributed by atoms with van der Waals surface area (Å²) in [6.07, 6.45) is 4.10. The summed E-state index contributed by atoms with van der Waals surface area (Å²) in [4.78, 5) is 69.8. The van der Waals surface area contributed by atoms with Crippen molar-refractivity contribution in [2.75, 3.05) is 19.6 Å². The molecule has 3 aromatic carbocycles. The van der Waals surface area contributed by atoms with Crippen molar-refractivity contribution in [1.82, 2.24) is 21.0 Å². The van der Waals surface area contributed by atoms with E-state index >= 15 is 0 Å². The van der Waals surface area contributed by atoms with Gasteiger partial charge in [0.1, 0.15) is 26.9 Å². The van der Waals surface area contributed by atoms with Crippen molar-refractivity contribution in [1.29, 1.82) is 0 Å². The molecule has 3 N–H and O–H groups in total. The van der Waals surface area contributed by atoms with Gasteiger partial charge in [-0.2, -0.15) is 5.06 Å². The third-order valence-corrected chi connectivity index (χ3v) is 9.45. The summed E-state index contributed by atoms with van der Waals surface area (Å²) in [5, 5.41) is 9.18. The predicted octanol–water partition coefficient (Wildman–Crippen LogP) is 6.58. The van der Waals surface area contributed by atoms with E-state index in [0.29, 0.717) is 67.8 Å². The van der Waals surface area contributed by atoms with Crippen LogP contribution in [0.1, 0.15) is 89.7 Å². The highest BCUT2D eigenvalue weighted by Gasteiger charge is 2.33. The maximum Gasteiger partial charge on any atom is 0.363 e. The lowest BCUT2D eigenvalue weighted by Crippen LogP contribution is -2.49. The fourth-order valence-electron chi connectivity index (χ4n) is 5.85. The number of hydrogen-bond donors (Lipinski definition) is 3. The van der Waals surface area contributed by atoms with Crippen LogP contribution in [0.25, 0.3) is 11.3 Å². The molecule has 0 saturated heterocycles. The summed E-state index contributed by atoms with van der Waals surface area (Å²) >= 11 is 0. The first kappa shape index (κ1) is 42.2. The van der Waals surface area contributed by atoms with Crippen LogP contribution in [0.4, 0.5) is 0 Å². The SMILES string of the molecule is CCCCCC(C(=O)NCNC(=O)c1ccc(-c2ccc(C(=O)NC[PH2+]OCc3ccccc3)c(OCC)c2)o1)[C@@H](CC)N(C=O)OC(=O)c1ccccc1. The molecule has 292 valence electrons.